The predicted molar refractivity (Wildman–Crippen MR) is 221 cm³/mol. The van der Waals surface area contributed by atoms with E-state index in [-0.39, 0.29) is 0 Å². The van der Waals surface area contributed by atoms with Crippen LogP contribution in [0.4, 0.5) is 17.1 Å². The van der Waals surface area contributed by atoms with E-state index in [0.29, 0.717) is 0 Å². The summed E-state index contributed by atoms with van der Waals surface area (Å²) in [6, 6.07) is 65.6. The van der Waals surface area contributed by atoms with Crippen LogP contribution in [0.25, 0.3) is 80.7 Å². The number of hydrogen-bond donors (Lipinski definition) is 0. The van der Waals surface area contributed by atoms with Crippen molar-refractivity contribution in [3.8, 4) is 16.8 Å². The molecule has 0 radical (unpaired) electrons. The lowest BCUT2D eigenvalue weighted by Gasteiger charge is -2.27. The molecule has 3 heterocycles. The maximum atomic E-state index is 6.18. The average molecular weight is 683 g/mol. The molecule has 0 bridgehead atoms. The van der Waals surface area contributed by atoms with Crippen LogP contribution >= 0.6 is 11.3 Å². The first-order chi connectivity index (χ1) is 25.8. The maximum absolute atomic E-state index is 6.18. The Hall–Kier alpha value is -6.62. The molecule has 0 aliphatic heterocycles. The minimum atomic E-state index is 0.904. The minimum Gasteiger partial charge on any atom is -0.456 e. The zero-order valence-corrected chi connectivity index (χ0v) is 28.8. The number of aromatic nitrogens is 1. The second-order valence-electron chi connectivity index (χ2n) is 13.3. The number of anilines is 3. The number of furan rings is 1. The standard InChI is InChI=1S/C48H30N2OS/c1-2-13-33(14-3-1)50-42-20-7-4-16-36(42)37-26-25-35(30-44(37)50)49(43-21-11-19-40-39-18-6-9-23-47(39)52-48(40)43)34-15-10-12-31(28-34)32-24-27-46-41(29-32)38-17-5-8-22-45(38)51-46/h1-30H. The third kappa shape index (κ3) is 4.45. The van der Waals surface area contributed by atoms with Crippen LogP contribution in [0.5, 0.6) is 0 Å². The van der Waals surface area contributed by atoms with Gasteiger partial charge in [-0.05, 0) is 83.9 Å². The number of hydrogen-bond acceptors (Lipinski definition) is 3. The van der Waals surface area contributed by atoms with Gasteiger partial charge in [0.25, 0.3) is 0 Å². The van der Waals surface area contributed by atoms with Crippen LogP contribution in [0.3, 0.4) is 0 Å². The van der Waals surface area contributed by atoms with E-state index in [1.54, 1.807) is 0 Å². The van der Waals surface area contributed by atoms with E-state index in [0.717, 1.165) is 55.8 Å². The van der Waals surface area contributed by atoms with Gasteiger partial charge in [-0.15, -0.1) is 11.3 Å². The summed E-state index contributed by atoms with van der Waals surface area (Å²) in [4.78, 5) is 2.44. The van der Waals surface area contributed by atoms with Crippen molar-refractivity contribution in [1.29, 1.82) is 0 Å². The lowest BCUT2D eigenvalue weighted by Crippen LogP contribution is -2.10. The Morgan fingerprint density at radius 3 is 2.04 bits per heavy atom. The Balaban J connectivity index is 1.16. The van der Waals surface area contributed by atoms with Gasteiger partial charge in [0.05, 0.1) is 21.4 Å². The van der Waals surface area contributed by atoms with Crippen molar-refractivity contribution in [3.63, 3.8) is 0 Å². The van der Waals surface area contributed by atoms with Crippen LogP contribution in [0.15, 0.2) is 186 Å². The molecule has 8 aromatic carbocycles. The van der Waals surface area contributed by atoms with Crippen molar-refractivity contribution in [1.82, 2.24) is 4.57 Å². The maximum Gasteiger partial charge on any atom is 0.135 e. The second kappa shape index (κ2) is 11.5. The summed E-state index contributed by atoms with van der Waals surface area (Å²) in [7, 11) is 0. The van der Waals surface area contributed by atoms with E-state index in [1.165, 1.54) is 42.0 Å². The molecule has 52 heavy (non-hydrogen) atoms. The van der Waals surface area contributed by atoms with Crippen LogP contribution in [0.2, 0.25) is 0 Å². The third-order valence-corrected chi connectivity index (χ3v) is 11.6. The van der Waals surface area contributed by atoms with Gasteiger partial charge in [0.1, 0.15) is 11.2 Å². The first-order valence-electron chi connectivity index (χ1n) is 17.6. The Morgan fingerprint density at radius 2 is 1.12 bits per heavy atom. The molecule has 0 saturated carbocycles. The molecule has 0 atom stereocenters. The van der Waals surface area contributed by atoms with Gasteiger partial charge in [-0.3, -0.25) is 0 Å². The van der Waals surface area contributed by atoms with Crippen LogP contribution < -0.4 is 4.90 Å². The van der Waals surface area contributed by atoms with Gasteiger partial charge in [0, 0.05) is 54.1 Å². The number of nitrogens with zero attached hydrogens (tertiary/aromatic N) is 2. The molecule has 244 valence electrons. The third-order valence-electron chi connectivity index (χ3n) is 10.4. The number of thiophene rings is 1. The van der Waals surface area contributed by atoms with Crippen molar-refractivity contribution < 1.29 is 4.42 Å². The predicted octanol–water partition coefficient (Wildman–Crippen LogP) is 14.2. The first kappa shape index (κ1) is 29.1. The van der Waals surface area contributed by atoms with Crippen molar-refractivity contribution in [2.24, 2.45) is 0 Å². The van der Waals surface area contributed by atoms with Crippen LogP contribution in [0.1, 0.15) is 0 Å². The first-order valence-corrected chi connectivity index (χ1v) is 18.4. The summed E-state index contributed by atoms with van der Waals surface area (Å²) in [6.45, 7) is 0. The Kier molecular flexibility index (Phi) is 6.42. The molecule has 11 aromatic rings. The smallest absolute Gasteiger partial charge is 0.135 e. The number of para-hydroxylation sites is 3. The fourth-order valence-electron chi connectivity index (χ4n) is 8.02. The SMILES string of the molecule is c1ccc(-n2c3ccccc3c3ccc(N(c4cccc(-c5ccc6oc7ccccc7c6c5)c4)c4cccc5c4sc4ccccc45)cc32)cc1. The van der Waals surface area contributed by atoms with E-state index in [2.05, 4.69) is 179 Å². The zero-order valence-electron chi connectivity index (χ0n) is 28.0. The normalized spacial score (nSPS) is 11.8. The molecule has 3 aromatic heterocycles. The Bertz CT molecular complexity index is 3150. The van der Waals surface area contributed by atoms with Crippen LogP contribution in [0, 0.1) is 0 Å². The van der Waals surface area contributed by atoms with E-state index >= 15 is 0 Å². The summed E-state index contributed by atoms with van der Waals surface area (Å²) in [6.07, 6.45) is 0. The molecule has 0 fully saturated rings. The highest BCUT2D eigenvalue weighted by atomic mass is 32.1. The Labute approximate surface area is 303 Å². The molecule has 4 heteroatoms. The van der Waals surface area contributed by atoms with Gasteiger partial charge >= 0.3 is 0 Å². The fraction of sp³-hybridized carbons (Fsp3) is 0. The lowest BCUT2D eigenvalue weighted by molar-refractivity contribution is 0.669. The molecule has 0 saturated heterocycles. The van der Waals surface area contributed by atoms with Crippen molar-refractivity contribution >= 4 is 92.3 Å². The molecule has 0 unspecified atom stereocenters. The summed E-state index contributed by atoms with van der Waals surface area (Å²) in [5, 5.41) is 7.31. The number of benzene rings is 8. The van der Waals surface area contributed by atoms with Gasteiger partial charge in [0.15, 0.2) is 0 Å². The molecular weight excluding hydrogens is 653 g/mol. The molecule has 0 N–H and O–H groups in total. The number of fused-ring (bicyclic) bond motifs is 9. The highest BCUT2D eigenvalue weighted by Gasteiger charge is 2.21. The fourth-order valence-corrected chi connectivity index (χ4v) is 9.23. The lowest BCUT2D eigenvalue weighted by atomic mass is 10.0. The molecule has 0 aliphatic carbocycles. The highest BCUT2D eigenvalue weighted by molar-refractivity contribution is 7.26. The second-order valence-corrected chi connectivity index (χ2v) is 14.4. The Morgan fingerprint density at radius 1 is 0.423 bits per heavy atom. The van der Waals surface area contributed by atoms with Gasteiger partial charge in [-0.2, -0.15) is 0 Å². The topological polar surface area (TPSA) is 21.3 Å². The molecule has 0 aliphatic rings. The van der Waals surface area contributed by atoms with Gasteiger partial charge in [-0.25, -0.2) is 0 Å². The van der Waals surface area contributed by atoms with Gasteiger partial charge < -0.3 is 13.9 Å². The molecule has 0 spiro atoms. The van der Waals surface area contributed by atoms with Gasteiger partial charge in [0.2, 0.25) is 0 Å². The summed E-state index contributed by atoms with van der Waals surface area (Å²) >= 11 is 1.86. The monoisotopic (exact) mass is 682 g/mol. The van der Waals surface area contributed by atoms with Crippen molar-refractivity contribution in [2.75, 3.05) is 4.90 Å². The average Bonchev–Trinajstić information content (AvgIpc) is 3.88. The zero-order chi connectivity index (χ0) is 34.2. The van der Waals surface area contributed by atoms with E-state index < -0.39 is 0 Å². The van der Waals surface area contributed by atoms with E-state index in [4.69, 9.17) is 4.42 Å². The van der Waals surface area contributed by atoms with E-state index in [9.17, 15) is 0 Å². The highest BCUT2D eigenvalue weighted by Crippen LogP contribution is 2.46. The van der Waals surface area contributed by atoms with E-state index in [1.807, 2.05) is 23.5 Å². The van der Waals surface area contributed by atoms with Gasteiger partial charge in [-0.1, -0.05) is 109 Å². The van der Waals surface area contributed by atoms with Crippen molar-refractivity contribution in [2.45, 2.75) is 0 Å². The molecule has 11 rings (SSSR count). The summed E-state index contributed by atoms with van der Waals surface area (Å²) < 4.78 is 11.1. The minimum absolute atomic E-state index is 0.904. The molecule has 3 nitrogen and oxygen atoms in total. The van der Waals surface area contributed by atoms with Crippen LogP contribution in [-0.2, 0) is 0 Å². The molecule has 0 amide bonds. The number of rotatable bonds is 5. The largest absolute Gasteiger partial charge is 0.456 e. The van der Waals surface area contributed by atoms with Crippen molar-refractivity contribution in [3.05, 3.63) is 182 Å². The summed E-state index contributed by atoms with van der Waals surface area (Å²) in [5.41, 5.74) is 11.0. The quantitative estimate of drug-likeness (QED) is 0.180. The van der Waals surface area contributed by atoms with Crippen LogP contribution in [-0.4, -0.2) is 4.57 Å². The summed E-state index contributed by atoms with van der Waals surface area (Å²) in [5.74, 6) is 0. The molecular formula is C48H30N2OS.